The molecule has 0 aliphatic rings. The molecule has 1 aromatic rings. The van der Waals surface area contributed by atoms with E-state index in [4.69, 9.17) is 0 Å². The molecule has 1 nitrogen and oxygen atoms in total. The lowest BCUT2D eigenvalue weighted by Crippen LogP contribution is -2.37. The van der Waals surface area contributed by atoms with Gasteiger partial charge in [0.15, 0.2) is 11.9 Å². The van der Waals surface area contributed by atoms with Crippen molar-refractivity contribution in [2.24, 2.45) is 0 Å². The first kappa shape index (κ1) is 30.2. The first-order chi connectivity index (χ1) is 16.4. The summed E-state index contributed by atoms with van der Waals surface area (Å²) in [6, 6.07) is 6.80. The second-order valence-corrected chi connectivity index (χ2v) is 10.6. The predicted octanol–water partition coefficient (Wildman–Crippen LogP) is 10.5. The zero-order chi connectivity index (χ0) is 23.7. The zero-order valence-corrected chi connectivity index (χ0v) is 22.9. The summed E-state index contributed by atoms with van der Waals surface area (Å²) >= 11 is 0. The smallest absolute Gasteiger partial charge is 0.181 e. The van der Waals surface area contributed by atoms with Gasteiger partial charge in [0.05, 0.1) is 0 Å². The zero-order valence-electron chi connectivity index (χ0n) is 22.9. The number of aromatic nitrogens is 1. The molecule has 0 fully saturated rings. The highest BCUT2D eigenvalue weighted by Gasteiger charge is 2.08. The first-order valence-corrected chi connectivity index (χ1v) is 15.4. The Kier molecular flexibility index (Phi) is 22.2. The van der Waals surface area contributed by atoms with Gasteiger partial charge < -0.3 is 0 Å². The highest BCUT2D eigenvalue weighted by Crippen LogP contribution is 2.13. The molecule has 0 unspecified atom stereocenters. The fourth-order valence-electron chi connectivity index (χ4n) is 5.05. The van der Waals surface area contributed by atoms with Crippen LogP contribution in [0.15, 0.2) is 24.4 Å². The molecule has 0 atom stereocenters. The molecule has 0 radical (unpaired) electrons. The topological polar surface area (TPSA) is 3.88 Å². The minimum Gasteiger partial charge on any atom is -0.202 e. The Balaban J connectivity index is 1.97. The minimum absolute atomic E-state index is 1.21. The van der Waals surface area contributed by atoms with Gasteiger partial charge in [-0.15, -0.1) is 0 Å². The third-order valence-corrected chi connectivity index (χ3v) is 7.32. The summed E-state index contributed by atoms with van der Waals surface area (Å²) in [4.78, 5) is 0. The van der Waals surface area contributed by atoms with Gasteiger partial charge in [-0.2, -0.15) is 0 Å². The van der Waals surface area contributed by atoms with E-state index in [0.717, 1.165) is 0 Å². The maximum Gasteiger partial charge on any atom is 0.181 e. The number of hydrogen-bond acceptors (Lipinski definition) is 0. The van der Waals surface area contributed by atoms with E-state index in [-0.39, 0.29) is 0 Å². The Hall–Kier alpha value is -0.850. The van der Waals surface area contributed by atoms with Crippen LogP contribution in [0.3, 0.4) is 0 Å². The fraction of sp³-hybridized carbons (Fsp3) is 0.844. The van der Waals surface area contributed by atoms with Crippen LogP contribution in [0.25, 0.3) is 0 Å². The van der Waals surface area contributed by atoms with Crippen LogP contribution >= 0.6 is 0 Å². The van der Waals surface area contributed by atoms with E-state index in [9.17, 15) is 0 Å². The van der Waals surface area contributed by atoms with Gasteiger partial charge in [0.1, 0.15) is 6.54 Å². The Morgan fingerprint density at radius 1 is 0.455 bits per heavy atom. The highest BCUT2D eigenvalue weighted by atomic mass is 14.9. The molecular weight excluding hydrogens is 398 g/mol. The quantitative estimate of drug-likeness (QED) is 0.101. The van der Waals surface area contributed by atoms with Crippen molar-refractivity contribution in [2.75, 3.05) is 0 Å². The minimum atomic E-state index is 1.21. The molecule has 0 aliphatic carbocycles. The molecule has 192 valence electrons. The number of unbranched alkanes of at least 4 members (excludes halogenated alkanes) is 21. The van der Waals surface area contributed by atoms with Gasteiger partial charge >= 0.3 is 0 Å². The lowest BCUT2D eigenvalue weighted by Gasteiger charge is -2.05. The van der Waals surface area contributed by atoms with Gasteiger partial charge in [-0.3, -0.25) is 0 Å². The van der Waals surface area contributed by atoms with E-state index in [1.807, 2.05) is 0 Å². The van der Waals surface area contributed by atoms with Crippen LogP contribution in [0.1, 0.15) is 167 Å². The fourth-order valence-corrected chi connectivity index (χ4v) is 5.05. The van der Waals surface area contributed by atoms with Crippen molar-refractivity contribution in [3.05, 3.63) is 30.1 Å². The number of hydrogen-bond donors (Lipinski definition) is 0. The highest BCUT2D eigenvalue weighted by molar-refractivity contribution is 4.97. The van der Waals surface area contributed by atoms with E-state index in [0.29, 0.717) is 0 Å². The summed E-state index contributed by atoms with van der Waals surface area (Å²) in [6.45, 7) is 5.82. The number of aryl methyl sites for hydroxylation is 2. The lowest BCUT2D eigenvalue weighted by atomic mass is 10.0. The van der Waals surface area contributed by atoms with Crippen molar-refractivity contribution in [3.8, 4) is 0 Å². The first-order valence-electron chi connectivity index (χ1n) is 15.4. The van der Waals surface area contributed by atoms with Gasteiger partial charge in [-0.05, 0) is 12.8 Å². The average molecular weight is 459 g/mol. The van der Waals surface area contributed by atoms with Gasteiger partial charge in [-0.25, -0.2) is 4.57 Å². The summed E-state index contributed by atoms with van der Waals surface area (Å²) in [5.41, 5.74) is 1.55. The van der Waals surface area contributed by atoms with Crippen LogP contribution in [0.2, 0.25) is 0 Å². The molecule has 0 N–H and O–H groups in total. The molecule has 0 spiro atoms. The second-order valence-electron chi connectivity index (χ2n) is 10.6. The summed E-state index contributed by atoms with van der Waals surface area (Å²) in [6.07, 6.45) is 36.5. The number of rotatable bonds is 25. The summed E-state index contributed by atoms with van der Waals surface area (Å²) in [5.74, 6) is 0. The maximum absolute atomic E-state index is 2.53. The van der Waals surface area contributed by atoms with Gasteiger partial charge in [0.25, 0.3) is 0 Å². The van der Waals surface area contributed by atoms with Crippen LogP contribution < -0.4 is 4.57 Å². The largest absolute Gasteiger partial charge is 0.202 e. The van der Waals surface area contributed by atoms with E-state index in [1.54, 1.807) is 5.69 Å². The molecule has 1 heterocycles. The van der Waals surface area contributed by atoms with Crippen LogP contribution in [-0.2, 0) is 13.0 Å². The molecule has 1 aromatic heterocycles. The summed E-state index contributed by atoms with van der Waals surface area (Å²) < 4.78 is 2.53. The normalized spacial score (nSPS) is 11.3. The van der Waals surface area contributed by atoms with E-state index in [1.165, 1.54) is 161 Å². The van der Waals surface area contributed by atoms with E-state index < -0.39 is 0 Å². The third-order valence-electron chi connectivity index (χ3n) is 7.32. The molecule has 0 bridgehead atoms. The molecule has 0 aromatic carbocycles. The average Bonchev–Trinajstić information content (AvgIpc) is 2.84. The Morgan fingerprint density at radius 3 is 1.30 bits per heavy atom. The van der Waals surface area contributed by atoms with Crippen molar-refractivity contribution >= 4 is 0 Å². The van der Waals surface area contributed by atoms with Crippen molar-refractivity contribution in [1.82, 2.24) is 0 Å². The van der Waals surface area contributed by atoms with Crippen molar-refractivity contribution < 1.29 is 4.57 Å². The predicted molar refractivity (Wildman–Crippen MR) is 148 cm³/mol. The Labute approximate surface area is 209 Å². The molecule has 1 rings (SSSR count). The molecule has 0 aliphatic heterocycles. The van der Waals surface area contributed by atoms with Crippen LogP contribution in [0.5, 0.6) is 0 Å². The maximum atomic E-state index is 2.53. The standard InChI is InChI=1S/C32H60N/c1-3-5-7-9-11-13-15-16-17-19-21-23-26-30-33-31-27-25-29-32(33)28-24-22-20-18-14-12-10-8-6-4-2/h25,27,29,31H,3-24,26,28,30H2,1-2H3/q+1. The Bertz CT molecular complexity index is 509. The van der Waals surface area contributed by atoms with E-state index in [2.05, 4.69) is 42.8 Å². The van der Waals surface area contributed by atoms with Crippen molar-refractivity contribution in [3.63, 3.8) is 0 Å². The second kappa shape index (κ2) is 24.3. The van der Waals surface area contributed by atoms with E-state index >= 15 is 0 Å². The number of nitrogens with zero attached hydrogens (tertiary/aromatic N) is 1. The van der Waals surface area contributed by atoms with Crippen molar-refractivity contribution in [2.45, 2.75) is 174 Å². The molecule has 0 amide bonds. The SMILES string of the molecule is CCCCCCCCCCCCCCC[n+]1ccccc1CCCCCCCCCCCC. The van der Waals surface area contributed by atoms with Gasteiger partial charge in [0.2, 0.25) is 0 Å². The molecule has 0 saturated carbocycles. The van der Waals surface area contributed by atoms with Crippen LogP contribution in [0, 0.1) is 0 Å². The van der Waals surface area contributed by atoms with Gasteiger partial charge in [0, 0.05) is 25.0 Å². The molecule has 33 heavy (non-hydrogen) atoms. The monoisotopic (exact) mass is 458 g/mol. The third kappa shape index (κ3) is 19.2. The van der Waals surface area contributed by atoms with Crippen LogP contribution in [-0.4, -0.2) is 0 Å². The van der Waals surface area contributed by atoms with Crippen LogP contribution in [0.4, 0.5) is 0 Å². The van der Waals surface area contributed by atoms with Gasteiger partial charge in [-0.1, -0.05) is 148 Å². The Morgan fingerprint density at radius 2 is 0.848 bits per heavy atom. The summed E-state index contributed by atoms with van der Waals surface area (Å²) in [7, 11) is 0. The molecule has 0 saturated heterocycles. The molecule has 1 heteroatoms. The number of pyridine rings is 1. The molecular formula is C32H60N+. The summed E-state index contributed by atoms with van der Waals surface area (Å²) in [5, 5.41) is 0. The lowest BCUT2D eigenvalue weighted by molar-refractivity contribution is -0.704. The van der Waals surface area contributed by atoms with Crippen molar-refractivity contribution in [1.29, 1.82) is 0 Å².